The lowest BCUT2D eigenvalue weighted by Gasteiger charge is -2.33. The summed E-state index contributed by atoms with van der Waals surface area (Å²) in [4.78, 5) is 23.7. The van der Waals surface area contributed by atoms with E-state index in [2.05, 4.69) is 24.1 Å². The fourth-order valence-corrected chi connectivity index (χ4v) is 3.34. The van der Waals surface area contributed by atoms with Crippen LogP contribution in [0.2, 0.25) is 0 Å². The SMILES string of the molecule is CC(C)CC(=O)N1CCC[C@H](c2ncc3c(n2)CCNC3)C1. The summed E-state index contributed by atoms with van der Waals surface area (Å²) in [5, 5.41) is 3.35. The Morgan fingerprint density at radius 1 is 1.50 bits per heavy atom. The number of likely N-dealkylation sites (tertiary alicyclic amines) is 1. The highest BCUT2D eigenvalue weighted by Crippen LogP contribution is 2.26. The first-order chi connectivity index (χ1) is 10.6. The number of aromatic nitrogens is 2. The Labute approximate surface area is 132 Å². The number of fused-ring (bicyclic) bond motifs is 1. The number of amides is 1. The van der Waals surface area contributed by atoms with Crippen molar-refractivity contribution in [1.29, 1.82) is 0 Å². The third-order valence-electron chi connectivity index (χ3n) is 4.55. The molecule has 0 radical (unpaired) electrons. The second kappa shape index (κ2) is 6.73. The minimum atomic E-state index is 0.280. The largest absolute Gasteiger partial charge is 0.342 e. The molecule has 5 nitrogen and oxygen atoms in total. The minimum Gasteiger partial charge on any atom is -0.342 e. The fourth-order valence-electron chi connectivity index (χ4n) is 3.34. The van der Waals surface area contributed by atoms with Gasteiger partial charge in [-0.2, -0.15) is 0 Å². The molecule has 2 aliphatic heterocycles. The lowest BCUT2D eigenvalue weighted by atomic mass is 9.95. The molecule has 1 saturated heterocycles. The minimum absolute atomic E-state index is 0.280. The molecule has 3 rings (SSSR count). The predicted molar refractivity (Wildman–Crippen MR) is 85.5 cm³/mol. The van der Waals surface area contributed by atoms with Crippen molar-refractivity contribution in [3.8, 4) is 0 Å². The maximum atomic E-state index is 12.3. The van der Waals surface area contributed by atoms with E-state index >= 15 is 0 Å². The molecule has 0 spiro atoms. The van der Waals surface area contributed by atoms with Crippen LogP contribution in [-0.2, 0) is 17.8 Å². The number of nitrogens with zero attached hydrogens (tertiary/aromatic N) is 3. The standard InChI is InChI=1S/C17H26N4O/c1-12(2)8-16(22)21-7-3-4-13(11-21)17-19-10-14-9-18-6-5-15(14)20-17/h10,12-13,18H,3-9,11H2,1-2H3/t13-/m0/s1. The maximum Gasteiger partial charge on any atom is 0.222 e. The molecule has 5 heteroatoms. The van der Waals surface area contributed by atoms with E-state index in [9.17, 15) is 4.79 Å². The highest BCUT2D eigenvalue weighted by molar-refractivity contribution is 5.76. The van der Waals surface area contributed by atoms with Crippen molar-refractivity contribution >= 4 is 5.91 Å². The second-order valence-electron chi connectivity index (χ2n) is 6.90. The van der Waals surface area contributed by atoms with E-state index < -0.39 is 0 Å². The Kier molecular flexibility index (Phi) is 4.71. The molecular formula is C17H26N4O. The van der Waals surface area contributed by atoms with Crippen molar-refractivity contribution in [2.75, 3.05) is 19.6 Å². The molecule has 0 unspecified atom stereocenters. The zero-order valence-electron chi connectivity index (χ0n) is 13.6. The smallest absolute Gasteiger partial charge is 0.222 e. The van der Waals surface area contributed by atoms with Crippen LogP contribution in [0.5, 0.6) is 0 Å². The van der Waals surface area contributed by atoms with Crippen molar-refractivity contribution in [2.24, 2.45) is 5.92 Å². The van der Waals surface area contributed by atoms with Gasteiger partial charge in [0.15, 0.2) is 0 Å². The number of nitrogens with one attached hydrogen (secondary N) is 1. The fraction of sp³-hybridized carbons (Fsp3) is 0.706. The first kappa shape index (κ1) is 15.4. The Balaban J connectivity index is 1.70. The first-order valence-corrected chi connectivity index (χ1v) is 8.46. The molecule has 0 saturated carbocycles. The third-order valence-corrected chi connectivity index (χ3v) is 4.55. The quantitative estimate of drug-likeness (QED) is 0.926. The van der Waals surface area contributed by atoms with E-state index in [0.717, 1.165) is 51.3 Å². The summed E-state index contributed by atoms with van der Waals surface area (Å²) in [6, 6.07) is 0. The summed E-state index contributed by atoms with van der Waals surface area (Å²) in [7, 11) is 0. The summed E-state index contributed by atoms with van der Waals surface area (Å²) in [6.45, 7) is 7.73. The summed E-state index contributed by atoms with van der Waals surface area (Å²) in [6.07, 6.45) is 5.73. The Morgan fingerprint density at radius 2 is 2.36 bits per heavy atom. The molecule has 1 aromatic rings. The number of carbonyl (C=O) groups is 1. The number of piperidine rings is 1. The molecule has 3 heterocycles. The maximum absolute atomic E-state index is 12.3. The van der Waals surface area contributed by atoms with Gasteiger partial charge < -0.3 is 10.2 Å². The Bertz CT molecular complexity index is 543. The van der Waals surface area contributed by atoms with E-state index in [-0.39, 0.29) is 5.91 Å². The van der Waals surface area contributed by atoms with Crippen LogP contribution in [0.15, 0.2) is 6.20 Å². The van der Waals surface area contributed by atoms with Crippen LogP contribution in [0.25, 0.3) is 0 Å². The monoisotopic (exact) mass is 302 g/mol. The van der Waals surface area contributed by atoms with Crippen molar-refractivity contribution < 1.29 is 4.79 Å². The highest BCUT2D eigenvalue weighted by atomic mass is 16.2. The predicted octanol–water partition coefficient (Wildman–Crippen LogP) is 1.87. The van der Waals surface area contributed by atoms with Gasteiger partial charge in [0.2, 0.25) is 5.91 Å². The molecule has 2 aliphatic rings. The molecule has 22 heavy (non-hydrogen) atoms. The molecule has 120 valence electrons. The van der Waals surface area contributed by atoms with Crippen molar-refractivity contribution in [3.05, 3.63) is 23.3 Å². The number of carbonyl (C=O) groups excluding carboxylic acids is 1. The zero-order chi connectivity index (χ0) is 15.5. The summed E-state index contributed by atoms with van der Waals surface area (Å²) < 4.78 is 0. The van der Waals surface area contributed by atoms with Crippen molar-refractivity contribution in [1.82, 2.24) is 20.2 Å². The van der Waals surface area contributed by atoms with E-state index in [1.165, 1.54) is 11.3 Å². The number of rotatable bonds is 3. The highest BCUT2D eigenvalue weighted by Gasteiger charge is 2.27. The molecule has 0 bridgehead atoms. The lowest BCUT2D eigenvalue weighted by Crippen LogP contribution is -2.40. The molecule has 1 atom stereocenters. The van der Waals surface area contributed by atoms with Gasteiger partial charge in [0.05, 0.1) is 0 Å². The van der Waals surface area contributed by atoms with Crippen LogP contribution in [-0.4, -0.2) is 40.4 Å². The summed E-state index contributed by atoms with van der Waals surface area (Å²) >= 11 is 0. The van der Waals surface area contributed by atoms with Crippen LogP contribution < -0.4 is 5.32 Å². The van der Waals surface area contributed by atoms with Gasteiger partial charge in [-0.25, -0.2) is 9.97 Å². The van der Waals surface area contributed by atoms with E-state index in [0.29, 0.717) is 18.3 Å². The normalized spacial score (nSPS) is 21.8. The molecule has 1 fully saturated rings. The van der Waals surface area contributed by atoms with Crippen LogP contribution >= 0.6 is 0 Å². The topological polar surface area (TPSA) is 58.1 Å². The van der Waals surface area contributed by atoms with Gasteiger partial charge in [0.1, 0.15) is 5.82 Å². The number of hydrogen-bond acceptors (Lipinski definition) is 4. The van der Waals surface area contributed by atoms with Crippen LogP contribution in [0.1, 0.15) is 56.1 Å². The molecule has 1 aromatic heterocycles. The van der Waals surface area contributed by atoms with Gasteiger partial charge in [0, 0.05) is 62.4 Å². The number of hydrogen-bond donors (Lipinski definition) is 1. The van der Waals surface area contributed by atoms with Gasteiger partial charge in [0.25, 0.3) is 0 Å². The molecule has 0 aliphatic carbocycles. The molecule has 0 aromatic carbocycles. The average Bonchev–Trinajstić information content (AvgIpc) is 2.54. The Hall–Kier alpha value is -1.49. The van der Waals surface area contributed by atoms with Gasteiger partial charge >= 0.3 is 0 Å². The van der Waals surface area contributed by atoms with Gasteiger partial charge in [-0.1, -0.05) is 13.8 Å². The summed E-state index contributed by atoms with van der Waals surface area (Å²) in [5.41, 5.74) is 2.41. The first-order valence-electron chi connectivity index (χ1n) is 8.46. The molecule has 1 N–H and O–H groups in total. The van der Waals surface area contributed by atoms with E-state index in [4.69, 9.17) is 4.98 Å². The summed E-state index contributed by atoms with van der Waals surface area (Å²) in [5.74, 6) is 1.93. The van der Waals surface area contributed by atoms with Crippen molar-refractivity contribution in [3.63, 3.8) is 0 Å². The van der Waals surface area contributed by atoms with Crippen LogP contribution in [0.3, 0.4) is 0 Å². The van der Waals surface area contributed by atoms with Crippen LogP contribution in [0, 0.1) is 5.92 Å². The Morgan fingerprint density at radius 3 is 3.18 bits per heavy atom. The van der Waals surface area contributed by atoms with Gasteiger partial charge in [-0.3, -0.25) is 4.79 Å². The van der Waals surface area contributed by atoms with Crippen molar-refractivity contribution in [2.45, 2.75) is 52.0 Å². The average molecular weight is 302 g/mol. The van der Waals surface area contributed by atoms with Crippen LogP contribution in [0.4, 0.5) is 0 Å². The van der Waals surface area contributed by atoms with Gasteiger partial charge in [-0.05, 0) is 18.8 Å². The lowest BCUT2D eigenvalue weighted by molar-refractivity contribution is -0.133. The van der Waals surface area contributed by atoms with E-state index in [1.807, 2.05) is 11.1 Å². The molecule has 1 amide bonds. The van der Waals surface area contributed by atoms with Gasteiger partial charge in [-0.15, -0.1) is 0 Å². The van der Waals surface area contributed by atoms with E-state index in [1.54, 1.807) is 0 Å². The third kappa shape index (κ3) is 3.46. The zero-order valence-corrected chi connectivity index (χ0v) is 13.6. The second-order valence-corrected chi connectivity index (χ2v) is 6.90. The molecular weight excluding hydrogens is 276 g/mol.